The molecule has 0 spiro atoms. The maximum absolute atomic E-state index is 11.4. The van der Waals surface area contributed by atoms with E-state index >= 15 is 0 Å². The fraction of sp³-hybridized carbons (Fsp3) is 0.875. The number of hydrogen-bond acceptors (Lipinski definition) is 2. The van der Waals surface area contributed by atoms with Gasteiger partial charge in [-0.25, -0.2) is 0 Å². The average Bonchev–Trinajstić information content (AvgIpc) is 2.12. The molecule has 0 aliphatic heterocycles. The molecule has 0 N–H and O–H groups in total. The van der Waals surface area contributed by atoms with E-state index in [-0.39, 0.29) is 5.91 Å². The van der Waals surface area contributed by atoms with Crippen LogP contribution in [0.2, 0.25) is 6.04 Å². The summed E-state index contributed by atoms with van der Waals surface area (Å²) in [6, 6.07) is 0.945. The summed E-state index contributed by atoms with van der Waals surface area (Å²) in [6.45, 7) is 6.70. The molecule has 0 aromatic rings. The SMILES string of the molecule is CCC(=O)N(CC)[Si](CC)OC. The van der Waals surface area contributed by atoms with Crippen LogP contribution in [0.1, 0.15) is 27.2 Å². The predicted molar refractivity (Wildman–Crippen MR) is 50.9 cm³/mol. The van der Waals surface area contributed by atoms with Crippen LogP contribution < -0.4 is 0 Å². The highest BCUT2D eigenvalue weighted by atomic mass is 28.3. The first-order chi connectivity index (χ1) is 5.71. The van der Waals surface area contributed by atoms with Gasteiger partial charge in [-0.15, -0.1) is 0 Å². The van der Waals surface area contributed by atoms with Gasteiger partial charge in [-0.1, -0.05) is 13.8 Å². The molecule has 1 amide bonds. The van der Waals surface area contributed by atoms with Crippen molar-refractivity contribution in [2.24, 2.45) is 0 Å². The highest BCUT2D eigenvalue weighted by molar-refractivity contribution is 6.51. The Morgan fingerprint density at radius 3 is 2.25 bits per heavy atom. The van der Waals surface area contributed by atoms with Gasteiger partial charge >= 0.3 is 9.20 Å². The second kappa shape index (κ2) is 6.19. The Hall–Kier alpha value is -0.353. The molecule has 0 aromatic heterocycles. The topological polar surface area (TPSA) is 29.5 Å². The molecule has 0 aromatic carbocycles. The molecule has 0 unspecified atom stereocenters. The molecular formula is C8H18NO2Si. The first kappa shape index (κ1) is 11.6. The summed E-state index contributed by atoms with van der Waals surface area (Å²) >= 11 is 0. The molecule has 0 heterocycles. The Bertz CT molecular complexity index is 137. The van der Waals surface area contributed by atoms with Gasteiger partial charge in [0.1, 0.15) is 0 Å². The summed E-state index contributed by atoms with van der Waals surface area (Å²) in [5, 5.41) is 0. The van der Waals surface area contributed by atoms with Crippen LogP contribution in [0, 0.1) is 0 Å². The third kappa shape index (κ3) is 2.95. The van der Waals surface area contributed by atoms with Crippen molar-refractivity contribution in [3.8, 4) is 0 Å². The third-order valence-electron chi connectivity index (χ3n) is 1.76. The largest absolute Gasteiger partial charge is 0.401 e. The lowest BCUT2D eigenvalue weighted by Crippen LogP contribution is -2.44. The van der Waals surface area contributed by atoms with Crippen molar-refractivity contribution in [1.29, 1.82) is 0 Å². The quantitative estimate of drug-likeness (QED) is 0.610. The molecule has 0 fully saturated rings. The predicted octanol–water partition coefficient (Wildman–Crippen LogP) is 1.40. The summed E-state index contributed by atoms with van der Waals surface area (Å²) in [6.07, 6.45) is 0.575. The van der Waals surface area contributed by atoms with Gasteiger partial charge in [-0.05, 0) is 13.0 Å². The summed E-state index contributed by atoms with van der Waals surface area (Å²) in [4.78, 5) is 11.4. The van der Waals surface area contributed by atoms with Gasteiger partial charge in [0.2, 0.25) is 5.91 Å². The van der Waals surface area contributed by atoms with Gasteiger partial charge in [0.25, 0.3) is 0 Å². The first-order valence-corrected chi connectivity index (χ1v) is 5.97. The number of rotatable bonds is 5. The minimum absolute atomic E-state index is 0.204. The van der Waals surface area contributed by atoms with Gasteiger partial charge in [0.05, 0.1) is 0 Å². The average molecular weight is 188 g/mol. The smallest absolute Gasteiger partial charge is 0.342 e. The second-order valence-electron chi connectivity index (χ2n) is 2.44. The van der Waals surface area contributed by atoms with Crippen molar-refractivity contribution in [3.63, 3.8) is 0 Å². The van der Waals surface area contributed by atoms with Crippen LogP contribution in [0.15, 0.2) is 0 Å². The van der Waals surface area contributed by atoms with Crippen molar-refractivity contribution in [3.05, 3.63) is 0 Å². The van der Waals surface area contributed by atoms with E-state index in [1.165, 1.54) is 0 Å². The fourth-order valence-corrected chi connectivity index (χ4v) is 2.81. The van der Waals surface area contributed by atoms with E-state index in [2.05, 4.69) is 6.92 Å². The number of hydrogen-bond donors (Lipinski definition) is 0. The van der Waals surface area contributed by atoms with E-state index in [1.807, 2.05) is 18.4 Å². The lowest BCUT2D eigenvalue weighted by atomic mass is 10.4. The zero-order valence-corrected chi connectivity index (χ0v) is 9.39. The molecule has 4 heteroatoms. The highest BCUT2D eigenvalue weighted by Crippen LogP contribution is 2.03. The van der Waals surface area contributed by atoms with Crippen molar-refractivity contribution in [1.82, 2.24) is 4.57 Å². The standard InChI is InChI=1S/C8H18NO2Si/c1-5-8(10)9(6-2)12(7-3)11-4/h5-7H2,1-4H3. The number of amides is 1. The molecule has 0 aliphatic rings. The van der Waals surface area contributed by atoms with Crippen molar-refractivity contribution in [2.75, 3.05) is 13.7 Å². The van der Waals surface area contributed by atoms with Gasteiger partial charge < -0.3 is 8.99 Å². The first-order valence-electron chi connectivity index (χ1n) is 4.41. The molecule has 1 radical (unpaired) electrons. The minimum atomic E-state index is -1.04. The zero-order chi connectivity index (χ0) is 9.56. The molecule has 12 heavy (non-hydrogen) atoms. The van der Waals surface area contributed by atoms with Crippen LogP contribution in [0.4, 0.5) is 0 Å². The van der Waals surface area contributed by atoms with Crippen LogP contribution in [-0.2, 0) is 9.22 Å². The third-order valence-corrected chi connectivity index (χ3v) is 4.00. The highest BCUT2D eigenvalue weighted by Gasteiger charge is 2.22. The van der Waals surface area contributed by atoms with E-state index in [1.54, 1.807) is 7.11 Å². The molecule has 71 valence electrons. The monoisotopic (exact) mass is 188 g/mol. The Labute approximate surface area is 76.5 Å². The Balaban J connectivity index is 4.19. The zero-order valence-electron chi connectivity index (χ0n) is 8.39. The van der Waals surface area contributed by atoms with Crippen molar-refractivity contribution < 1.29 is 9.22 Å². The molecule has 0 atom stereocenters. The van der Waals surface area contributed by atoms with Gasteiger partial charge in [0.15, 0.2) is 0 Å². The molecule has 0 saturated carbocycles. The van der Waals surface area contributed by atoms with Crippen LogP contribution in [0.25, 0.3) is 0 Å². The lowest BCUT2D eigenvalue weighted by Gasteiger charge is -2.25. The van der Waals surface area contributed by atoms with E-state index in [0.29, 0.717) is 6.42 Å². The summed E-state index contributed by atoms with van der Waals surface area (Å²) in [7, 11) is 0.644. The second-order valence-corrected chi connectivity index (χ2v) is 4.89. The van der Waals surface area contributed by atoms with E-state index < -0.39 is 9.20 Å². The summed E-state index contributed by atoms with van der Waals surface area (Å²) in [5.74, 6) is 0.204. The van der Waals surface area contributed by atoms with E-state index in [4.69, 9.17) is 4.43 Å². The summed E-state index contributed by atoms with van der Waals surface area (Å²) in [5.41, 5.74) is 0. The number of nitrogens with zero attached hydrogens (tertiary/aromatic N) is 1. The molecule has 0 rings (SSSR count). The minimum Gasteiger partial charge on any atom is -0.401 e. The Kier molecular flexibility index (Phi) is 6.01. The van der Waals surface area contributed by atoms with Crippen LogP contribution in [-0.4, -0.2) is 33.3 Å². The van der Waals surface area contributed by atoms with Crippen molar-refractivity contribution in [2.45, 2.75) is 33.2 Å². The molecule has 0 bridgehead atoms. The van der Waals surface area contributed by atoms with Crippen LogP contribution >= 0.6 is 0 Å². The molecule has 0 saturated heterocycles. The molecule has 0 aliphatic carbocycles. The maximum atomic E-state index is 11.4. The fourth-order valence-electron chi connectivity index (χ4n) is 1.13. The van der Waals surface area contributed by atoms with E-state index in [0.717, 1.165) is 12.6 Å². The van der Waals surface area contributed by atoms with Crippen LogP contribution in [0.3, 0.4) is 0 Å². The van der Waals surface area contributed by atoms with Crippen LogP contribution in [0.5, 0.6) is 0 Å². The number of carbonyl (C=O) groups is 1. The Morgan fingerprint density at radius 1 is 1.42 bits per heavy atom. The van der Waals surface area contributed by atoms with Gasteiger partial charge in [0, 0.05) is 20.1 Å². The Morgan fingerprint density at radius 2 is 2.00 bits per heavy atom. The lowest BCUT2D eigenvalue weighted by molar-refractivity contribution is -0.127. The molecular weight excluding hydrogens is 170 g/mol. The summed E-state index contributed by atoms with van der Waals surface area (Å²) < 4.78 is 7.15. The van der Waals surface area contributed by atoms with Gasteiger partial charge in [-0.2, -0.15) is 0 Å². The van der Waals surface area contributed by atoms with Gasteiger partial charge in [-0.3, -0.25) is 4.79 Å². The van der Waals surface area contributed by atoms with Crippen molar-refractivity contribution >= 4 is 15.1 Å². The van der Waals surface area contributed by atoms with E-state index in [9.17, 15) is 4.79 Å². The number of carbonyl (C=O) groups excluding carboxylic acids is 1. The normalized spacial score (nSPS) is 10.4. The molecule has 3 nitrogen and oxygen atoms in total. The maximum Gasteiger partial charge on any atom is 0.342 e.